The molecule has 1 heterocycles. The van der Waals surface area contributed by atoms with Gasteiger partial charge in [-0.2, -0.15) is 0 Å². The normalized spacial score (nSPS) is 10.8. The summed E-state index contributed by atoms with van der Waals surface area (Å²) in [6, 6.07) is 4.25. The third-order valence-corrected chi connectivity index (χ3v) is 3.46. The van der Waals surface area contributed by atoms with Crippen LogP contribution in [0.1, 0.15) is 22.6 Å². The topological polar surface area (TPSA) is 53.1 Å². The molecule has 0 unspecified atom stereocenters. The molecule has 0 saturated heterocycles. The molecule has 0 aliphatic rings. The van der Waals surface area contributed by atoms with E-state index >= 15 is 0 Å². The fraction of sp³-hybridized carbons (Fsp3) is 0.400. The highest BCUT2D eigenvalue weighted by atomic mass is 16.5. The maximum absolute atomic E-state index is 5.82. The largest absolute Gasteiger partial charge is 0.496 e. The molecule has 0 aliphatic carbocycles. The first-order valence-corrected chi connectivity index (χ1v) is 6.37. The maximum atomic E-state index is 5.82. The Balaban J connectivity index is 2.78. The van der Waals surface area contributed by atoms with Crippen LogP contribution in [0.4, 0.5) is 0 Å². The number of rotatable bonds is 3. The van der Waals surface area contributed by atoms with Gasteiger partial charge in [-0.3, -0.25) is 0 Å². The molecule has 102 valence electrons. The number of ether oxygens (including phenoxy) is 1. The van der Waals surface area contributed by atoms with Crippen molar-refractivity contribution in [1.29, 1.82) is 0 Å². The summed E-state index contributed by atoms with van der Waals surface area (Å²) in [6.45, 7) is 6.55. The van der Waals surface area contributed by atoms with Crippen molar-refractivity contribution in [2.75, 3.05) is 7.11 Å². The highest BCUT2D eigenvalue weighted by molar-refractivity contribution is 5.72. The summed E-state index contributed by atoms with van der Waals surface area (Å²) in [5, 5.41) is 0. The van der Waals surface area contributed by atoms with Crippen LogP contribution in [-0.4, -0.2) is 16.7 Å². The number of hydrogen-bond acceptors (Lipinski definition) is 3. The van der Waals surface area contributed by atoms with E-state index in [0.29, 0.717) is 6.54 Å². The average molecular weight is 259 g/mol. The van der Waals surface area contributed by atoms with Crippen LogP contribution in [0.25, 0.3) is 11.3 Å². The highest BCUT2D eigenvalue weighted by Crippen LogP contribution is 2.36. The van der Waals surface area contributed by atoms with E-state index in [-0.39, 0.29) is 0 Å². The highest BCUT2D eigenvalue weighted by Gasteiger charge is 2.18. The lowest BCUT2D eigenvalue weighted by Gasteiger charge is -2.14. The molecule has 2 rings (SSSR count). The molecule has 2 aromatic rings. The molecule has 0 aliphatic heterocycles. The predicted octanol–water partition coefficient (Wildman–Crippen LogP) is 2.48. The Kier molecular flexibility index (Phi) is 3.62. The summed E-state index contributed by atoms with van der Waals surface area (Å²) in [7, 11) is 3.71. The van der Waals surface area contributed by atoms with Gasteiger partial charge in [-0.15, -0.1) is 0 Å². The number of nitrogens with zero attached hydrogens (tertiary/aromatic N) is 2. The summed E-state index contributed by atoms with van der Waals surface area (Å²) >= 11 is 0. The lowest BCUT2D eigenvalue weighted by Crippen LogP contribution is -2.03. The molecule has 19 heavy (non-hydrogen) atoms. The molecule has 4 nitrogen and oxygen atoms in total. The van der Waals surface area contributed by atoms with Crippen molar-refractivity contribution in [3.63, 3.8) is 0 Å². The number of aromatic nitrogens is 2. The number of hydrogen-bond donors (Lipinski definition) is 1. The van der Waals surface area contributed by atoms with Crippen molar-refractivity contribution < 1.29 is 4.74 Å². The Morgan fingerprint density at radius 2 is 1.95 bits per heavy atom. The van der Waals surface area contributed by atoms with E-state index in [0.717, 1.165) is 34.1 Å². The Bertz CT molecular complexity index is 614. The summed E-state index contributed by atoms with van der Waals surface area (Å²) in [6.07, 6.45) is 0. The van der Waals surface area contributed by atoms with Crippen LogP contribution in [-0.2, 0) is 13.6 Å². The Hall–Kier alpha value is -1.81. The number of imidazole rings is 1. The molecule has 0 fully saturated rings. The van der Waals surface area contributed by atoms with Crippen LogP contribution in [0.3, 0.4) is 0 Å². The van der Waals surface area contributed by atoms with E-state index in [9.17, 15) is 0 Å². The van der Waals surface area contributed by atoms with Gasteiger partial charge in [-0.05, 0) is 38.0 Å². The zero-order chi connectivity index (χ0) is 14.2. The summed E-state index contributed by atoms with van der Waals surface area (Å²) in [5.74, 6) is 1.85. The molecule has 1 aromatic heterocycles. The monoisotopic (exact) mass is 259 g/mol. The van der Waals surface area contributed by atoms with Gasteiger partial charge in [0.15, 0.2) is 0 Å². The van der Waals surface area contributed by atoms with Crippen LogP contribution < -0.4 is 10.5 Å². The minimum atomic E-state index is 0.424. The first kappa shape index (κ1) is 13.6. The number of benzene rings is 1. The molecule has 0 spiro atoms. The van der Waals surface area contributed by atoms with E-state index in [2.05, 4.69) is 35.5 Å². The van der Waals surface area contributed by atoms with Gasteiger partial charge in [0.05, 0.1) is 18.5 Å². The van der Waals surface area contributed by atoms with Crippen molar-refractivity contribution in [1.82, 2.24) is 9.55 Å². The van der Waals surface area contributed by atoms with Gasteiger partial charge in [-0.25, -0.2) is 4.98 Å². The van der Waals surface area contributed by atoms with E-state index < -0.39 is 0 Å². The van der Waals surface area contributed by atoms with Gasteiger partial charge in [0.1, 0.15) is 11.6 Å². The SMILES string of the molecule is COc1c(C)cc(C)cc1-c1c(CN)nc(C)n1C. The van der Waals surface area contributed by atoms with Gasteiger partial charge in [0, 0.05) is 19.2 Å². The lowest BCUT2D eigenvalue weighted by atomic mass is 10.0. The van der Waals surface area contributed by atoms with Crippen LogP contribution in [0.2, 0.25) is 0 Å². The second-order valence-electron chi connectivity index (χ2n) is 4.88. The second-order valence-corrected chi connectivity index (χ2v) is 4.88. The van der Waals surface area contributed by atoms with E-state index in [4.69, 9.17) is 10.5 Å². The second kappa shape index (κ2) is 5.05. The quantitative estimate of drug-likeness (QED) is 0.921. The first-order chi connectivity index (χ1) is 8.99. The lowest BCUT2D eigenvalue weighted by molar-refractivity contribution is 0.413. The first-order valence-electron chi connectivity index (χ1n) is 6.37. The zero-order valence-corrected chi connectivity index (χ0v) is 12.2. The van der Waals surface area contributed by atoms with Crippen molar-refractivity contribution in [2.24, 2.45) is 12.8 Å². The molecule has 0 atom stereocenters. The molecule has 0 radical (unpaired) electrons. The smallest absolute Gasteiger partial charge is 0.131 e. The molecule has 2 N–H and O–H groups in total. The summed E-state index contributed by atoms with van der Waals surface area (Å²) in [5.41, 5.74) is 11.2. The number of aryl methyl sites for hydroxylation is 3. The van der Waals surface area contributed by atoms with Crippen LogP contribution in [0.15, 0.2) is 12.1 Å². The minimum absolute atomic E-state index is 0.424. The van der Waals surface area contributed by atoms with Gasteiger partial charge in [-0.1, -0.05) is 6.07 Å². The van der Waals surface area contributed by atoms with Gasteiger partial charge >= 0.3 is 0 Å². The molecule has 4 heteroatoms. The van der Waals surface area contributed by atoms with Crippen LogP contribution in [0.5, 0.6) is 5.75 Å². The summed E-state index contributed by atoms with van der Waals surface area (Å²) in [4.78, 5) is 4.52. The van der Waals surface area contributed by atoms with Gasteiger partial charge in [0.2, 0.25) is 0 Å². The molecule has 0 amide bonds. The molecule has 0 saturated carbocycles. The van der Waals surface area contributed by atoms with Crippen LogP contribution in [0, 0.1) is 20.8 Å². The van der Waals surface area contributed by atoms with Crippen molar-refractivity contribution >= 4 is 0 Å². The summed E-state index contributed by atoms with van der Waals surface area (Å²) < 4.78 is 7.64. The average Bonchev–Trinajstić information content (AvgIpc) is 2.64. The van der Waals surface area contributed by atoms with Crippen LogP contribution >= 0.6 is 0 Å². The van der Waals surface area contributed by atoms with Gasteiger partial charge in [0.25, 0.3) is 0 Å². The molecule has 1 aromatic carbocycles. The predicted molar refractivity (Wildman–Crippen MR) is 77.3 cm³/mol. The maximum Gasteiger partial charge on any atom is 0.131 e. The van der Waals surface area contributed by atoms with Crippen molar-refractivity contribution in [3.8, 4) is 17.0 Å². The van der Waals surface area contributed by atoms with E-state index in [1.165, 1.54) is 5.56 Å². The third-order valence-electron chi connectivity index (χ3n) is 3.46. The van der Waals surface area contributed by atoms with Crippen molar-refractivity contribution in [2.45, 2.75) is 27.3 Å². The zero-order valence-electron chi connectivity index (χ0n) is 12.2. The fourth-order valence-electron chi connectivity index (χ4n) is 2.56. The van der Waals surface area contributed by atoms with Gasteiger partial charge < -0.3 is 15.0 Å². The minimum Gasteiger partial charge on any atom is -0.496 e. The Morgan fingerprint density at radius 3 is 2.53 bits per heavy atom. The number of nitrogens with two attached hydrogens (primary N) is 1. The standard InChI is InChI=1S/C15H21N3O/c1-9-6-10(2)15(19-5)12(7-9)14-13(8-16)17-11(3)18(14)4/h6-7H,8,16H2,1-5H3. The molecular weight excluding hydrogens is 238 g/mol. The Morgan fingerprint density at radius 1 is 1.26 bits per heavy atom. The van der Waals surface area contributed by atoms with E-state index in [1.807, 2.05) is 14.0 Å². The van der Waals surface area contributed by atoms with E-state index in [1.54, 1.807) is 7.11 Å². The van der Waals surface area contributed by atoms with Crippen molar-refractivity contribution in [3.05, 3.63) is 34.8 Å². The molecular formula is C15H21N3O. The third kappa shape index (κ3) is 2.24. The number of methoxy groups -OCH3 is 1. The Labute approximate surface area is 114 Å². The molecule has 0 bridgehead atoms. The fourth-order valence-corrected chi connectivity index (χ4v) is 2.56.